The smallest absolute Gasteiger partial charge is 0.338 e. The monoisotopic (exact) mass is 316 g/mol. The predicted molar refractivity (Wildman–Crippen MR) is 85.7 cm³/mol. The Bertz CT molecular complexity index is 643. The molecule has 0 radical (unpaired) electrons. The van der Waals surface area contributed by atoms with Crippen LogP contribution in [-0.4, -0.2) is 27.4 Å². The summed E-state index contributed by atoms with van der Waals surface area (Å²) in [6.45, 7) is 2.00. The van der Waals surface area contributed by atoms with Crippen LogP contribution in [0.25, 0.3) is 0 Å². The summed E-state index contributed by atoms with van der Waals surface area (Å²) in [5.74, 6) is -2.43. The third kappa shape index (κ3) is 4.39. The fourth-order valence-corrected chi connectivity index (χ4v) is 2.34. The standard InChI is InChI=1S/C18H20O5/c1-2-6-14(9-12-7-4-3-5-8-12)23-18(22)13-10-15(19)17(21)16(20)11-13/h3-5,7-8,10-11,14,19-21H,2,6,9H2,1H3. The van der Waals surface area contributed by atoms with Crippen LogP contribution >= 0.6 is 0 Å². The lowest BCUT2D eigenvalue weighted by molar-refractivity contribution is 0.0280. The average molecular weight is 316 g/mol. The van der Waals surface area contributed by atoms with Gasteiger partial charge in [-0.05, 0) is 24.1 Å². The number of carbonyl (C=O) groups excluding carboxylic acids is 1. The summed E-state index contributed by atoms with van der Waals surface area (Å²) in [4.78, 5) is 12.2. The Kier molecular flexibility index (Phi) is 5.46. The van der Waals surface area contributed by atoms with Gasteiger partial charge < -0.3 is 20.1 Å². The van der Waals surface area contributed by atoms with E-state index in [0.717, 1.165) is 24.1 Å². The highest BCUT2D eigenvalue weighted by Crippen LogP contribution is 2.35. The van der Waals surface area contributed by atoms with Crippen molar-refractivity contribution in [1.29, 1.82) is 0 Å². The van der Waals surface area contributed by atoms with E-state index in [2.05, 4.69) is 0 Å². The minimum atomic E-state index is -0.657. The van der Waals surface area contributed by atoms with Crippen molar-refractivity contribution in [2.75, 3.05) is 0 Å². The Morgan fingerprint density at radius 1 is 1.09 bits per heavy atom. The van der Waals surface area contributed by atoms with Crippen LogP contribution in [0.5, 0.6) is 17.2 Å². The lowest BCUT2D eigenvalue weighted by atomic mass is 10.0. The summed E-state index contributed by atoms with van der Waals surface area (Å²) in [6, 6.07) is 11.9. The maximum absolute atomic E-state index is 12.2. The van der Waals surface area contributed by atoms with E-state index >= 15 is 0 Å². The molecule has 0 saturated heterocycles. The van der Waals surface area contributed by atoms with E-state index < -0.39 is 23.2 Å². The highest BCUT2D eigenvalue weighted by Gasteiger charge is 2.19. The first-order valence-electron chi connectivity index (χ1n) is 7.51. The molecule has 1 atom stereocenters. The van der Waals surface area contributed by atoms with Crippen LogP contribution in [0.3, 0.4) is 0 Å². The van der Waals surface area contributed by atoms with E-state index in [0.29, 0.717) is 12.8 Å². The number of ether oxygens (including phenoxy) is 1. The largest absolute Gasteiger partial charge is 0.504 e. The summed E-state index contributed by atoms with van der Waals surface area (Å²) >= 11 is 0. The maximum atomic E-state index is 12.2. The Labute approximate surface area is 134 Å². The molecule has 1 unspecified atom stereocenters. The van der Waals surface area contributed by atoms with Crippen LogP contribution < -0.4 is 0 Å². The molecule has 5 nitrogen and oxygen atoms in total. The van der Waals surface area contributed by atoms with Crippen LogP contribution in [0.15, 0.2) is 42.5 Å². The fraction of sp³-hybridized carbons (Fsp3) is 0.278. The lowest BCUT2D eigenvalue weighted by Crippen LogP contribution is -2.20. The van der Waals surface area contributed by atoms with Crippen molar-refractivity contribution >= 4 is 5.97 Å². The summed E-state index contributed by atoms with van der Waals surface area (Å²) < 4.78 is 5.49. The number of esters is 1. The Balaban J connectivity index is 2.11. The van der Waals surface area contributed by atoms with Gasteiger partial charge in [-0.2, -0.15) is 0 Å². The molecule has 122 valence electrons. The van der Waals surface area contributed by atoms with Crippen LogP contribution in [0.2, 0.25) is 0 Å². The van der Waals surface area contributed by atoms with Crippen molar-refractivity contribution in [3.8, 4) is 17.2 Å². The van der Waals surface area contributed by atoms with Gasteiger partial charge in [-0.15, -0.1) is 0 Å². The number of hydrogen-bond donors (Lipinski definition) is 3. The Hall–Kier alpha value is -2.69. The molecule has 23 heavy (non-hydrogen) atoms. The van der Waals surface area contributed by atoms with Crippen LogP contribution in [0.1, 0.15) is 35.7 Å². The third-order valence-corrected chi connectivity index (χ3v) is 3.50. The first-order chi connectivity index (χ1) is 11.0. The molecule has 0 aliphatic rings. The SMILES string of the molecule is CCCC(Cc1ccccc1)OC(=O)c1cc(O)c(O)c(O)c1. The molecule has 0 aliphatic heterocycles. The van der Waals surface area contributed by atoms with E-state index in [9.17, 15) is 20.1 Å². The molecule has 0 saturated carbocycles. The maximum Gasteiger partial charge on any atom is 0.338 e. The molecule has 0 aliphatic carbocycles. The number of carbonyl (C=O) groups is 1. The highest BCUT2D eigenvalue weighted by atomic mass is 16.5. The highest BCUT2D eigenvalue weighted by molar-refractivity contribution is 5.91. The first kappa shape index (κ1) is 16.7. The number of aromatic hydroxyl groups is 3. The molecule has 0 spiro atoms. The van der Waals surface area contributed by atoms with Gasteiger partial charge in [0.2, 0.25) is 0 Å². The molecule has 0 heterocycles. The van der Waals surface area contributed by atoms with Crippen molar-refractivity contribution in [1.82, 2.24) is 0 Å². The molecule has 0 aromatic heterocycles. The van der Waals surface area contributed by atoms with Gasteiger partial charge in [-0.3, -0.25) is 0 Å². The third-order valence-electron chi connectivity index (χ3n) is 3.50. The van der Waals surface area contributed by atoms with Crippen LogP contribution in [0.4, 0.5) is 0 Å². The summed E-state index contributed by atoms with van der Waals surface area (Å²) in [6.07, 6.45) is 1.86. The van der Waals surface area contributed by atoms with Gasteiger partial charge in [0.25, 0.3) is 0 Å². The minimum Gasteiger partial charge on any atom is -0.504 e. The van der Waals surface area contributed by atoms with Crippen molar-refractivity contribution in [3.63, 3.8) is 0 Å². The molecule has 0 amide bonds. The molecule has 5 heteroatoms. The molecule has 2 rings (SSSR count). The number of phenols is 3. The van der Waals surface area contributed by atoms with E-state index in [1.165, 1.54) is 0 Å². The zero-order valence-corrected chi connectivity index (χ0v) is 12.9. The predicted octanol–water partition coefficient (Wildman–Crippen LogP) is 3.37. The lowest BCUT2D eigenvalue weighted by Gasteiger charge is -2.18. The first-order valence-corrected chi connectivity index (χ1v) is 7.51. The molecular formula is C18H20O5. The van der Waals surface area contributed by atoms with Gasteiger partial charge in [0.05, 0.1) is 5.56 Å². The molecule has 0 fully saturated rings. The van der Waals surface area contributed by atoms with Gasteiger partial charge in [0.1, 0.15) is 6.10 Å². The molecule has 2 aromatic rings. The van der Waals surface area contributed by atoms with Gasteiger partial charge in [0, 0.05) is 6.42 Å². The van der Waals surface area contributed by atoms with E-state index in [4.69, 9.17) is 4.74 Å². The Morgan fingerprint density at radius 3 is 2.26 bits per heavy atom. The topological polar surface area (TPSA) is 87.0 Å². The van der Waals surface area contributed by atoms with Crippen molar-refractivity contribution in [2.45, 2.75) is 32.3 Å². The number of benzene rings is 2. The zero-order chi connectivity index (χ0) is 16.8. The second-order valence-corrected chi connectivity index (χ2v) is 5.37. The minimum absolute atomic E-state index is 0.00744. The second kappa shape index (κ2) is 7.54. The summed E-state index contributed by atoms with van der Waals surface area (Å²) in [5.41, 5.74) is 1.06. The number of hydrogen-bond acceptors (Lipinski definition) is 5. The zero-order valence-electron chi connectivity index (χ0n) is 12.9. The molecule has 2 aromatic carbocycles. The van der Waals surface area contributed by atoms with Gasteiger partial charge in [-0.25, -0.2) is 4.79 Å². The Morgan fingerprint density at radius 2 is 1.70 bits per heavy atom. The van der Waals surface area contributed by atoms with E-state index in [-0.39, 0.29) is 11.7 Å². The van der Waals surface area contributed by atoms with E-state index in [1.807, 2.05) is 37.3 Å². The molecule has 3 N–H and O–H groups in total. The summed E-state index contributed by atoms with van der Waals surface area (Å²) in [5, 5.41) is 28.3. The molecular weight excluding hydrogens is 296 g/mol. The van der Waals surface area contributed by atoms with Crippen molar-refractivity contribution < 1.29 is 24.9 Å². The quantitative estimate of drug-likeness (QED) is 0.562. The van der Waals surface area contributed by atoms with Crippen LogP contribution in [-0.2, 0) is 11.2 Å². The van der Waals surface area contributed by atoms with Gasteiger partial charge in [0.15, 0.2) is 17.2 Å². The summed E-state index contributed by atoms with van der Waals surface area (Å²) in [7, 11) is 0. The van der Waals surface area contributed by atoms with E-state index in [1.54, 1.807) is 0 Å². The molecule has 0 bridgehead atoms. The van der Waals surface area contributed by atoms with Gasteiger partial charge in [-0.1, -0.05) is 43.7 Å². The fourth-order valence-electron chi connectivity index (χ4n) is 2.34. The number of rotatable bonds is 6. The van der Waals surface area contributed by atoms with Crippen LogP contribution in [0, 0.1) is 0 Å². The average Bonchev–Trinajstić information content (AvgIpc) is 2.53. The normalized spacial score (nSPS) is 11.9. The van der Waals surface area contributed by atoms with Crippen molar-refractivity contribution in [3.05, 3.63) is 53.6 Å². The second-order valence-electron chi connectivity index (χ2n) is 5.37. The van der Waals surface area contributed by atoms with Gasteiger partial charge >= 0.3 is 5.97 Å². The number of phenolic OH excluding ortho intramolecular Hbond substituents is 3. The van der Waals surface area contributed by atoms with Crippen molar-refractivity contribution in [2.24, 2.45) is 0 Å².